The van der Waals surface area contributed by atoms with Crippen LogP contribution in [0.4, 0.5) is 0 Å². The number of ether oxygens (including phenoxy) is 1. The fraction of sp³-hybridized carbons (Fsp3) is 0.733. The third-order valence-electron chi connectivity index (χ3n) is 8.66. The van der Waals surface area contributed by atoms with Crippen molar-refractivity contribution in [3.63, 3.8) is 0 Å². The average molecular weight is 441 g/mol. The van der Waals surface area contributed by atoms with Gasteiger partial charge in [0.2, 0.25) is 0 Å². The number of fused-ring (bicyclic) bond motifs is 1. The van der Waals surface area contributed by atoms with E-state index in [1.54, 1.807) is 16.7 Å². The highest BCUT2D eigenvalue weighted by atomic mass is 16.5. The van der Waals surface area contributed by atoms with Gasteiger partial charge in [-0.15, -0.1) is 0 Å². The maximum Gasteiger partial charge on any atom is 0.0852 e. The molecule has 180 valence electrons. The topological polar surface area (TPSA) is 29.5 Å². The van der Waals surface area contributed by atoms with Crippen LogP contribution in [-0.4, -0.2) is 23.9 Å². The van der Waals surface area contributed by atoms with Crippen LogP contribution in [0.1, 0.15) is 105 Å². The Bertz CT molecular complexity index is 753. The second kappa shape index (κ2) is 10.9. The lowest BCUT2D eigenvalue weighted by Gasteiger charge is -2.43. The highest BCUT2D eigenvalue weighted by Gasteiger charge is 2.50. The number of aliphatic hydroxyl groups is 1. The summed E-state index contributed by atoms with van der Waals surface area (Å²) in [4.78, 5) is 0. The summed E-state index contributed by atoms with van der Waals surface area (Å²) in [6.45, 7) is 18.7. The van der Waals surface area contributed by atoms with Gasteiger partial charge in [-0.05, 0) is 112 Å². The van der Waals surface area contributed by atoms with Crippen LogP contribution in [0, 0.1) is 17.3 Å². The van der Waals surface area contributed by atoms with Gasteiger partial charge in [0, 0.05) is 0 Å². The Morgan fingerprint density at radius 3 is 2.62 bits per heavy atom. The Hall–Kier alpha value is -1.12. The predicted molar refractivity (Wildman–Crippen MR) is 137 cm³/mol. The van der Waals surface area contributed by atoms with Gasteiger partial charge >= 0.3 is 0 Å². The normalized spacial score (nSPS) is 33.2. The minimum atomic E-state index is -0.731. The molecule has 32 heavy (non-hydrogen) atoms. The lowest BCUT2D eigenvalue weighted by Crippen LogP contribution is -2.35. The van der Waals surface area contributed by atoms with Crippen molar-refractivity contribution >= 4 is 0 Å². The molecule has 0 aromatic rings. The van der Waals surface area contributed by atoms with E-state index in [0.717, 1.165) is 19.3 Å². The summed E-state index contributed by atoms with van der Waals surface area (Å²) in [5.74, 6) is 1.19. The first-order valence-electron chi connectivity index (χ1n) is 13.3. The van der Waals surface area contributed by atoms with E-state index in [2.05, 4.69) is 40.0 Å². The van der Waals surface area contributed by atoms with E-state index in [9.17, 15) is 5.11 Å². The molecule has 0 heterocycles. The zero-order valence-corrected chi connectivity index (χ0v) is 21.4. The van der Waals surface area contributed by atoms with Gasteiger partial charge in [-0.2, -0.15) is 0 Å². The van der Waals surface area contributed by atoms with E-state index in [4.69, 9.17) is 4.74 Å². The molecule has 2 heteroatoms. The van der Waals surface area contributed by atoms with Gasteiger partial charge in [0.15, 0.2) is 0 Å². The second-order valence-electron chi connectivity index (χ2n) is 11.3. The Balaban J connectivity index is 1.72. The second-order valence-corrected chi connectivity index (χ2v) is 11.3. The number of hydrogen-bond acceptors (Lipinski definition) is 2. The van der Waals surface area contributed by atoms with Crippen LogP contribution in [0.2, 0.25) is 0 Å². The molecular weight excluding hydrogens is 392 g/mol. The first-order valence-corrected chi connectivity index (χ1v) is 13.3. The van der Waals surface area contributed by atoms with Crippen LogP contribution in [0.15, 0.2) is 47.1 Å². The lowest BCUT2D eigenvalue weighted by atomic mass is 9.62. The molecule has 1 N–H and O–H groups in total. The third kappa shape index (κ3) is 5.68. The minimum absolute atomic E-state index is 0.295. The summed E-state index contributed by atoms with van der Waals surface area (Å²) >= 11 is 0. The summed E-state index contributed by atoms with van der Waals surface area (Å²) in [5.41, 5.74) is 6.98. The van der Waals surface area contributed by atoms with Crippen LogP contribution >= 0.6 is 0 Å². The van der Waals surface area contributed by atoms with Crippen LogP contribution in [0.3, 0.4) is 0 Å². The lowest BCUT2D eigenvalue weighted by molar-refractivity contribution is -0.0357. The van der Waals surface area contributed by atoms with E-state index in [-0.39, 0.29) is 0 Å². The molecule has 3 saturated carbocycles. The van der Waals surface area contributed by atoms with E-state index < -0.39 is 5.60 Å². The highest BCUT2D eigenvalue weighted by Crippen LogP contribution is 2.59. The van der Waals surface area contributed by atoms with Crippen molar-refractivity contribution < 1.29 is 9.84 Å². The smallest absolute Gasteiger partial charge is 0.0852 e. The number of hydrogen-bond donors (Lipinski definition) is 1. The third-order valence-corrected chi connectivity index (χ3v) is 8.66. The first-order chi connectivity index (χ1) is 15.2. The molecule has 3 fully saturated rings. The zero-order chi connectivity index (χ0) is 23.4. The van der Waals surface area contributed by atoms with Gasteiger partial charge in [-0.1, -0.05) is 57.6 Å². The Morgan fingerprint density at radius 2 is 1.94 bits per heavy atom. The molecule has 0 radical (unpaired) electrons. The fourth-order valence-corrected chi connectivity index (χ4v) is 6.98. The van der Waals surface area contributed by atoms with Crippen LogP contribution in [0.25, 0.3) is 0 Å². The van der Waals surface area contributed by atoms with Gasteiger partial charge in [0.05, 0.1) is 18.8 Å². The Labute approximate surface area is 197 Å². The summed E-state index contributed by atoms with van der Waals surface area (Å²) in [6.07, 6.45) is 16.8. The molecule has 0 saturated heterocycles. The van der Waals surface area contributed by atoms with Gasteiger partial charge in [0.1, 0.15) is 0 Å². The maximum atomic E-state index is 10.4. The van der Waals surface area contributed by atoms with Crippen molar-refractivity contribution in [2.24, 2.45) is 17.3 Å². The molecule has 4 atom stereocenters. The molecule has 0 spiro atoms. The molecule has 0 aliphatic heterocycles. The van der Waals surface area contributed by atoms with Gasteiger partial charge in [0.25, 0.3) is 0 Å². The van der Waals surface area contributed by atoms with Crippen molar-refractivity contribution in [2.45, 2.75) is 110 Å². The van der Waals surface area contributed by atoms with E-state index in [1.165, 1.54) is 68.9 Å². The largest absolute Gasteiger partial charge is 0.388 e. The molecule has 0 aromatic heterocycles. The Morgan fingerprint density at radius 1 is 1.19 bits per heavy atom. The molecule has 0 aromatic carbocycles. The zero-order valence-electron chi connectivity index (χ0n) is 21.4. The van der Waals surface area contributed by atoms with Crippen molar-refractivity contribution in [2.75, 3.05) is 13.2 Å². The van der Waals surface area contributed by atoms with Gasteiger partial charge in [-0.25, -0.2) is 0 Å². The predicted octanol–water partition coefficient (Wildman–Crippen LogP) is 8.09. The van der Waals surface area contributed by atoms with Crippen molar-refractivity contribution in [3.05, 3.63) is 47.1 Å². The van der Waals surface area contributed by atoms with Crippen LogP contribution in [0.5, 0.6) is 0 Å². The molecule has 0 amide bonds. The molecule has 3 rings (SSSR count). The average Bonchev–Trinajstić information content (AvgIpc) is 3.10. The van der Waals surface area contributed by atoms with Crippen molar-refractivity contribution in [1.29, 1.82) is 0 Å². The van der Waals surface area contributed by atoms with E-state index in [1.807, 2.05) is 6.92 Å². The highest BCUT2D eigenvalue weighted by molar-refractivity contribution is 5.42. The summed E-state index contributed by atoms with van der Waals surface area (Å²) in [7, 11) is 0. The van der Waals surface area contributed by atoms with E-state index >= 15 is 0 Å². The maximum absolute atomic E-state index is 10.4. The molecular formula is C30H48O2. The van der Waals surface area contributed by atoms with E-state index in [0.29, 0.717) is 30.5 Å². The SMILES string of the molecule is C=C1CCCC/C1=C(/C=C1\CCC[C@]2(C)[C@@H](C(=C)COCC(C)(O)CCC)CC[C@@H]12)CC. The van der Waals surface area contributed by atoms with Crippen molar-refractivity contribution in [3.8, 4) is 0 Å². The van der Waals surface area contributed by atoms with Crippen molar-refractivity contribution in [1.82, 2.24) is 0 Å². The standard InChI is InChI=1S/C30H48O2/c1-7-17-29(5,31)21-32-20-23(4)27-15-16-28-25(13-11-18-30(27,28)6)19-24(8-2)26-14-10-9-12-22(26)3/h19,27-28,31H,3-4,7-18,20-21H2,1-2,5-6H3/b25-19+,26-24-/t27-,28+,29?,30-/m1/s1. The Kier molecular flexibility index (Phi) is 8.66. The monoisotopic (exact) mass is 440 g/mol. The van der Waals surface area contributed by atoms with Gasteiger partial charge < -0.3 is 9.84 Å². The summed E-state index contributed by atoms with van der Waals surface area (Å²) in [5, 5.41) is 10.4. The van der Waals surface area contributed by atoms with Gasteiger partial charge in [-0.3, -0.25) is 0 Å². The quantitative estimate of drug-likeness (QED) is 0.367. The summed E-state index contributed by atoms with van der Waals surface area (Å²) in [6, 6.07) is 0. The molecule has 3 aliphatic rings. The number of allylic oxidation sites excluding steroid dienone is 5. The molecule has 3 aliphatic carbocycles. The van der Waals surface area contributed by atoms with Crippen LogP contribution < -0.4 is 0 Å². The first kappa shape index (κ1) is 25.5. The fourth-order valence-electron chi connectivity index (χ4n) is 6.98. The minimum Gasteiger partial charge on any atom is -0.388 e. The molecule has 0 bridgehead atoms. The summed E-state index contributed by atoms with van der Waals surface area (Å²) < 4.78 is 5.97. The molecule has 2 nitrogen and oxygen atoms in total. The molecule has 1 unspecified atom stereocenters. The van der Waals surface area contributed by atoms with Crippen LogP contribution in [-0.2, 0) is 4.74 Å². The number of rotatable bonds is 9.